The molecule has 2 rings (SSSR count). The fraction of sp³-hybridized carbons (Fsp3) is 0.688. The van der Waals surface area contributed by atoms with Crippen LogP contribution in [0.3, 0.4) is 0 Å². The number of nitrogens with two attached hydrogens (primary N) is 1. The van der Waals surface area contributed by atoms with Crippen molar-refractivity contribution >= 4 is 37.5 Å². The van der Waals surface area contributed by atoms with E-state index in [2.05, 4.69) is 14.7 Å². The number of rotatable bonds is 15. The van der Waals surface area contributed by atoms with Gasteiger partial charge in [0, 0.05) is 38.9 Å². The third-order valence-electron chi connectivity index (χ3n) is 4.96. The fourth-order valence-electron chi connectivity index (χ4n) is 3.39. The van der Waals surface area contributed by atoms with Crippen LogP contribution in [-0.4, -0.2) is 89.9 Å². The van der Waals surface area contributed by atoms with Gasteiger partial charge in [0.05, 0.1) is 6.04 Å². The van der Waals surface area contributed by atoms with Crippen LogP contribution in [0.4, 0.5) is 4.79 Å². The van der Waals surface area contributed by atoms with Gasteiger partial charge in [-0.1, -0.05) is 0 Å². The normalized spacial score (nSPS) is 17.9. The van der Waals surface area contributed by atoms with Gasteiger partial charge in [-0.3, -0.25) is 0 Å². The number of hydrogen-bond acceptors (Lipinski definition) is 15. The van der Waals surface area contributed by atoms with E-state index in [0.717, 1.165) is 15.3 Å². The van der Waals surface area contributed by atoms with Crippen molar-refractivity contribution in [2.75, 3.05) is 46.6 Å². The summed E-state index contributed by atoms with van der Waals surface area (Å²) in [4.78, 5) is 47.0. The first-order valence-electron chi connectivity index (χ1n) is 10.4. The number of nitrogens with zero attached hydrogens (tertiary/aromatic N) is 4. The molecule has 210 valence electrons. The third kappa shape index (κ3) is 7.90. The van der Waals surface area contributed by atoms with E-state index in [1.165, 1.54) is 7.11 Å². The van der Waals surface area contributed by atoms with Crippen LogP contribution in [0.25, 0.3) is 0 Å². The fourth-order valence-corrected chi connectivity index (χ4v) is 7.68. The van der Waals surface area contributed by atoms with Crippen LogP contribution in [0.5, 0.6) is 0 Å². The molecule has 37 heavy (non-hydrogen) atoms. The molecule has 1 aliphatic rings. The molecular weight excluding hydrogens is 566 g/mol. The number of fused-ring (bicyclic) bond motifs is 1. The largest absolute Gasteiger partial charge is 0.447 e. The lowest BCUT2D eigenvalue weighted by Crippen LogP contribution is -2.47. The van der Waals surface area contributed by atoms with E-state index in [0.29, 0.717) is 17.8 Å². The van der Waals surface area contributed by atoms with E-state index in [-0.39, 0.29) is 36.0 Å². The van der Waals surface area contributed by atoms with Gasteiger partial charge in [-0.15, -0.1) is 26.4 Å². The minimum Gasteiger partial charge on any atom is -0.447 e. The molecule has 0 saturated heterocycles. The lowest BCUT2D eigenvalue weighted by Gasteiger charge is -2.37. The Labute approximate surface area is 215 Å². The lowest BCUT2D eigenvalue weighted by molar-refractivity contribution is -0.770. The molecule has 1 unspecified atom stereocenters. The maximum atomic E-state index is 13.2. The van der Waals surface area contributed by atoms with Crippen LogP contribution in [0.1, 0.15) is 24.9 Å². The molecule has 0 saturated carbocycles. The van der Waals surface area contributed by atoms with Gasteiger partial charge >= 0.3 is 6.09 Å². The van der Waals surface area contributed by atoms with Gasteiger partial charge in [0.15, 0.2) is 11.4 Å². The minimum absolute atomic E-state index is 0.0161. The zero-order valence-electron chi connectivity index (χ0n) is 19.6. The molecule has 21 heteroatoms. The predicted molar refractivity (Wildman–Crippen MR) is 122 cm³/mol. The monoisotopic (exact) mass is 591 g/mol. The lowest BCUT2D eigenvalue weighted by atomic mass is 10.1. The summed E-state index contributed by atoms with van der Waals surface area (Å²) in [7, 11) is -6.93. The van der Waals surface area contributed by atoms with Crippen LogP contribution in [-0.2, 0) is 44.2 Å². The molecule has 1 amide bonds. The molecule has 2 heterocycles. The number of carbonyl (C=O) groups excluding carboxylic acids is 1. The van der Waals surface area contributed by atoms with Crippen LogP contribution >= 0.6 is 11.3 Å². The van der Waals surface area contributed by atoms with E-state index in [1.807, 2.05) is 5.34 Å². The molecule has 0 radical (unpaired) electrons. The topological polar surface area (TPSA) is 237 Å². The number of likely N-dealkylation sites (N-methyl/N-ethyl adjacent to an activating group) is 1. The summed E-state index contributed by atoms with van der Waals surface area (Å²) in [6.45, 7) is 0.142. The summed E-state index contributed by atoms with van der Waals surface area (Å²) in [6.07, 6.45) is -2.20. The van der Waals surface area contributed by atoms with Gasteiger partial charge in [0.1, 0.15) is 21.6 Å². The first-order valence-corrected chi connectivity index (χ1v) is 14.2. The number of methoxy groups -OCH3 is 1. The van der Waals surface area contributed by atoms with Crippen molar-refractivity contribution in [2.24, 2.45) is 10.5 Å². The minimum atomic E-state index is -4.26. The molecule has 0 aromatic carbocycles. The highest BCUT2D eigenvalue weighted by molar-refractivity contribution is 7.94. The molecule has 0 spiro atoms. The number of hydrogen-bond donors (Lipinski definition) is 1. The summed E-state index contributed by atoms with van der Waals surface area (Å²) < 4.78 is 60.8. The highest BCUT2D eigenvalue weighted by atomic mass is 32.3. The Morgan fingerprint density at radius 1 is 1.43 bits per heavy atom. The standard InChI is InChI=1S/C16H25N5O13S3/c1-3-20(16(22)31-9-11(33-21(24)25)10-32-34-18-23)13-8-19(5-4-6-30-2)37(28,29)15-12(13)7-14(35-15)36(17,26)27/h7,11,13H,3-6,8-10H2,1-2H3,(H2,17,26,27)/t11?,13-/m0/s1. The molecular formula is C16H25N5O13S3. The van der Waals surface area contributed by atoms with Gasteiger partial charge in [0.25, 0.3) is 15.1 Å². The Hall–Kier alpha value is -2.69. The number of thiophene rings is 1. The summed E-state index contributed by atoms with van der Waals surface area (Å²) >= 11 is 0.459. The summed E-state index contributed by atoms with van der Waals surface area (Å²) in [5, 5.41) is 16.7. The van der Waals surface area contributed by atoms with Crippen molar-refractivity contribution in [3.05, 3.63) is 26.7 Å². The maximum absolute atomic E-state index is 13.2. The van der Waals surface area contributed by atoms with Crippen LogP contribution < -0.4 is 5.14 Å². The molecule has 18 nitrogen and oxygen atoms in total. The van der Waals surface area contributed by atoms with Gasteiger partial charge < -0.3 is 19.2 Å². The van der Waals surface area contributed by atoms with Gasteiger partial charge in [0.2, 0.25) is 10.0 Å². The van der Waals surface area contributed by atoms with Crippen molar-refractivity contribution in [1.29, 1.82) is 0 Å². The van der Waals surface area contributed by atoms with Gasteiger partial charge in [-0.25, -0.2) is 26.8 Å². The molecule has 1 aromatic heterocycles. The van der Waals surface area contributed by atoms with E-state index in [1.54, 1.807) is 6.92 Å². The van der Waals surface area contributed by atoms with Crippen molar-refractivity contribution in [2.45, 2.75) is 33.9 Å². The Morgan fingerprint density at radius 3 is 2.70 bits per heavy atom. The molecule has 2 N–H and O–H groups in total. The number of primary sulfonamides is 1. The van der Waals surface area contributed by atoms with E-state index in [4.69, 9.17) is 14.6 Å². The number of ether oxygens (including phenoxy) is 2. The number of amides is 1. The quantitative estimate of drug-likeness (QED) is 0.0940. The number of sulfonamides is 2. The van der Waals surface area contributed by atoms with Crippen LogP contribution in [0, 0.1) is 15.0 Å². The Morgan fingerprint density at radius 2 is 2.14 bits per heavy atom. The van der Waals surface area contributed by atoms with E-state index >= 15 is 0 Å². The van der Waals surface area contributed by atoms with Crippen LogP contribution in [0.15, 0.2) is 19.8 Å². The molecule has 2 atom stereocenters. The smallest absolute Gasteiger partial charge is 0.410 e. The second kappa shape index (κ2) is 13.2. The highest BCUT2D eigenvalue weighted by Crippen LogP contribution is 2.42. The average Bonchev–Trinajstić information content (AvgIpc) is 3.28. The molecule has 1 aliphatic heterocycles. The first kappa shape index (κ1) is 30.5. The van der Waals surface area contributed by atoms with Crippen molar-refractivity contribution in [3.8, 4) is 0 Å². The second-order valence-corrected chi connectivity index (χ2v) is 12.3. The van der Waals surface area contributed by atoms with Gasteiger partial charge in [-0.2, -0.15) is 14.2 Å². The van der Waals surface area contributed by atoms with E-state index in [9.17, 15) is 36.7 Å². The maximum Gasteiger partial charge on any atom is 0.410 e. The first-order chi connectivity index (χ1) is 17.4. The van der Waals surface area contributed by atoms with Crippen molar-refractivity contribution in [3.63, 3.8) is 0 Å². The third-order valence-corrected chi connectivity index (χ3v) is 9.93. The zero-order valence-corrected chi connectivity index (χ0v) is 22.0. The Bertz CT molecular complexity index is 1170. The molecule has 0 bridgehead atoms. The zero-order chi connectivity index (χ0) is 27.8. The molecule has 0 aliphatic carbocycles. The Balaban J connectivity index is 2.35. The van der Waals surface area contributed by atoms with Crippen molar-refractivity contribution < 1.29 is 50.9 Å². The van der Waals surface area contributed by atoms with E-state index < -0.39 is 60.8 Å². The average molecular weight is 592 g/mol. The summed E-state index contributed by atoms with van der Waals surface area (Å²) in [5.74, 6) is 0. The second-order valence-electron chi connectivity index (χ2n) is 7.33. The highest BCUT2D eigenvalue weighted by Gasteiger charge is 2.43. The van der Waals surface area contributed by atoms with Crippen molar-refractivity contribution in [1.82, 2.24) is 9.21 Å². The molecule has 1 aromatic rings. The van der Waals surface area contributed by atoms with Crippen LogP contribution in [0.2, 0.25) is 0 Å². The predicted octanol–water partition coefficient (Wildman–Crippen LogP) is 0.142. The SMILES string of the molecule is CCN(C(=O)OCC(COON=O)O[N+](=O)[O-])[C@H]1CN(CCCOC)S(=O)(=O)c2sc(S(N)(=O)=O)cc21. The molecule has 0 fully saturated rings. The summed E-state index contributed by atoms with van der Waals surface area (Å²) in [6, 6.07) is 0.107. The Kier molecular flexibility index (Phi) is 10.9. The summed E-state index contributed by atoms with van der Waals surface area (Å²) in [5.41, 5.74) is 0.0303. The van der Waals surface area contributed by atoms with Gasteiger partial charge in [-0.05, 0) is 19.4 Å². The number of carbonyl (C=O) groups is 1.